The Morgan fingerprint density at radius 2 is 2.06 bits per heavy atom. The predicted octanol–water partition coefficient (Wildman–Crippen LogP) is 2.92. The van der Waals surface area contributed by atoms with Crippen LogP contribution in [0.1, 0.15) is 13.8 Å². The third-order valence-corrected chi connectivity index (χ3v) is 2.49. The number of phenolic OH excluding ortho intramolecular Hbond substituents is 1. The number of rotatable bonds is 3. The molecular weight excluding hydrogens is 228 g/mol. The number of phenols is 1. The van der Waals surface area contributed by atoms with Crippen LogP contribution in [0.5, 0.6) is 5.75 Å². The zero-order valence-electron chi connectivity index (χ0n) is 9.33. The maximum absolute atomic E-state index is 11.7. The molecular formula is C11H15ClN2O2. The van der Waals surface area contributed by atoms with Gasteiger partial charge in [-0.05, 0) is 26.0 Å². The summed E-state index contributed by atoms with van der Waals surface area (Å²) in [5.74, 6) is -0.0343. The fourth-order valence-electron chi connectivity index (χ4n) is 1.32. The number of urea groups is 1. The topological polar surface area (TPSA) is 52.6 Å². The van der Waals surface area contributed by atoms with Crippen molar-refractivity contribution < 1.29 is 9.90 Å². The average molecular weight is 243 g/mol. The Morgan fingerprint density at radius 1 is 1.44 bits per heavy atom. The van der Waals surface area contributed by atoms with Gasteiger partial charge in [0.05, 0.1) is 5.69 Å². The second kappa shape index (κ2) is 5.61. The summed E-state index contributed by atoms with van der Waals surface area (Å²) in [5.41, 5.74) is 0.362. The highest BCUT2D eigenvalue weighted by molar-refractivity contribution is 6.30. The first-order chi connectivity index (χ1) is 7.58. The number of hydrogen-bond acceptors (Lipinski definition) is 2. The van der Waals surface area contributed by atoms with Gasteiger partial charge in [0.1, 0.15) is 5.75 Å². The summed E-state index contributed by atoms with van der Waals surface area (Å²) in [6, 6.07) is 4.33. The van der Waals surface area contributed by atoms with Crippen molar-refractivity contribution in [1.29, 1.82) is 0 Å². The van der Waals surface area contributed by atoms with Gasteiger partial charge in [-0.2, -0.15) is 0 Å². The largest absolute Gasteiger partial charge is 0.506 e. The summed E-state index contributed by atoms with van der Waals surface area (Å²) in [5, 5.41) is 12.6. The quantitative estimate of drug-likeness (QED) is 0.801. The SMILES string of the molecule is CCN(CC)C(=O)Nc1ccc(Cl)cc1O. The predicted molar refractivity (Wildman–Crippen MR) is 65.1 cm³/mol. The van der Waals surface area contributed by atoms with Gasteiger partial charge in [0.15, 0.2) is 0 Å². The number of amides is 2. The van der Waals surface area contributed by atoms with Gasteiger partial charge >= 0.3 is 6.03 Å². The molecule has 4 nitrogen and oxygen atoms in total. The van der Waals surface area contributed by atoms with E-state index in [9.17, 15) is 9.90 Å². The van der Waals surface area contributed by atoms with E-state index in [0.29, 0.717) is 23.8 Å². The maximum atomic E-state index is 11.7. The van der Waals surface area contributed by atoms with Crippen molar-refractivity contribution >= 4 is 23.3 Å². The van der Waals surface area contributed by atoms with E-state index in [0.717, 1.165) is 0 Å². The number of hydrogen-bond donors (Lipinski definition) is 2. The smallest absolute Gasteiger partial charge is 0.321 e. The van der Waals surface area contributed by atoms with Crippen LogP contribution < -0.4 is 5.32 Å². The van der Waals surface area contributed by atoms with E-state index < -0.39 is 0 Å². The summed E-state index contributed by atoms with van der Waals surface area (Å²) < 4.78 is 0. The summed E-state index contributed by atoms with van der Waals surface area (Å²) >= 11 is 5.69. The molecule has 0 aliphatic rings. The Morgan fingerprint density at radius 3 is 2.56 bits per heavy atom. The molecule has 1 aromatic carbocycles. The lowest BCUT2D eigenvalue weighted by atomic mass is 10.3. The van der Waals surface area contributed by atoms with Crippen molar-refractivity contribution in [3.63, 3.8) is 0 Å². The van der Waals surface area contributed by atoms with E-state index in [1.165, 1.54) is 6.07 Å². The number of halogens is 1. The molecule has 0 radical (unpaired) electrons. The van der Waals surface area contributed by atoms with Crippen LogP contribution in [-0.2, 0) is 0 Å². The Kier molecular flexibility index (Phi) is 4.43. The van der Waals surface area contributed by atoms with Crippen molar-refractivity contribution in [2.75, 3.05) is 18.4 Å². The van der Waals surface area contributed by atoms with Gasteiger partial charge in [-0.15, -0.1) is 0 Å². The lowest BCUT2D eigenvalue weighted by molar-refractivity contribution is 0.217. The van der Waals surface area contributed by atoms with Gasteiger partial charge in [-0.25, -0.2) is 4.79 Å². The number of aromatic hydroxyl groups is 1. The molecule has 0 atom stereocenters. The van der Waals surface area contributed by atoms with Crippen LogP contribution in [0.25, 0.3) is 0 Å². The third-order valence-electron chi connectivity index (χ3n) is 2.25. The average Bonchev–Trinajstić information content (AvgIpc) is 2.24. The molecule has 0 unspecified atom stereocenters. The second-order valence-corrected chi connectivity index (χ2v) is 3.70. The van der Waals surface area contributed by atoms with Crippen molar-refractivity contribution in [2.45, 2.75) is 13.8 Å². The Bertz CT molecular complexity index is 378. The third kappa shape index (κ3) is 3.03. The molecule has 88 valence electrons. The molecule has 2 N–H and O–H groups in total. The first-order valence-corrected chi connectivity index (χ1v) is 5.50. The standard InChI is InChI=1S/C11H15ClN2O2/c1-3-14(4-2)11(16)13-9-6-5-8(12)7-10(9)15/h5-7,15H,3-4H2,1-2H3,(H,13,16). The first-order valence-electron chi connectivity index (χ1n) is 5.13. The molecule has 0 heterocycles. The van der Waals surface area contributed by atoms with E-state index in [1.54, 1.807) is 17.0 Å². The molecule has 5 heteroatoms. The normalized spacial score (nSPS) is 9.94. The van der Waals surface area contributed by atoms with E-state index in [1.807, 2.05) is 13.8 Å². The minimum Gasteiger partial charge on any atom is -0.506 e. The van der Waals surface area contributed by atoms with E-state index in [4.69, 9.17) is 11.6 Å². The summed E-state index contributed by atoms with van der Waals surface area (Å²) in [4.78, 5) is 13.3. The van der Waals surface area contributed by atoms with Crippen LogP contribution >= 0.6 is 11.6 Å². The van der Waals surface area contributed by atoms with Gasteiger partial charge in [0.25, 0.3) is 0 Å². The molecule has 0 aromatic heterocycles. The number of carbonyl (C=O) groups excluding carboxylic acids is 1. The molecule has 0 saturated heterocycles. The first kappa shape index (κ1) is 12.6. The maximum Gasteiger partial charge on any atom is 0.321 e. The number of nitrogens with one attached hydrogen (secondary N) is 1. The molecule has 0 saturated carbocycles. The van der Waals surface area contributed by atoms with Crippen LogP contribution in [-0.4, -0.2) is 29.1 Å². The second-order valence-electron chi connectivity index (χ2n) is 3.26. The van der Waals surface area contributed by atoms with Gasteiger partial charge in [-0.1, -0.05) is 11.6 Å². The molecule has 1 aromatic rings. The fourth-order valence-corrected chi connectivity index (χ4v) is 1.48. The summed E-state index contributed by atoms with van der Waals surface area (Å²) in [7, 11) is 0. The highest BCUT2D eigenvalue weighted by atomic mass is 35.5. The van der Waals surface area contributed by atoms with Crippen LogP contribution in [0, 0.1) is 0 Å². The van der Waals surface area contributed by atoms with Crippen LogP contribution in [0.15, 0.2) is 18.2 Å². The number of carbonyl (C=O) groups is 1. The molecule has 0 aliphatic carbocycles. The minimum absolute atomic E-state index is 0.0343. The minimum atomic E-state index is -0.234. The van der Waals surface area contributed by atoms with Gasteiger partial charge in [0.2, 0.25) is 0 Å². The highest BCUT2D eigenvalue weighted by Gasteiger charge is 2.11. The molecule has 1 rings (SSSR count). The van der Waals surface area contributed by atoms with Gasteiger partial charge < -0.3 is 15.3 Å². The lowest BCUT2D eigenvalue weighted by Crippen LogP contribution is -2.34. The fraction of sp³-hybridized carbons (Fsp3) is 0.364. The Labute approximate surface area is 99.8 Å². The number of benzene rings is 1. The molecule has 16 heavy (non-hydrogen) atoms. The molecule has 0 bridgehead atoms. The zero-order valence-corrected chi connectivity index (χ0v) is 10.1. The van der Waals surface area contributed by atoms with Crippen molar-refractivity contribution in [3.05, 3.63) is 23.2 Å². The monoisotopic (exact) mass is 242 g/mol. The molecule has 0 spiro atoms. The molecule has 2 amide bonds. The van der Waals surface area contributed by atoms with E-state index in [2.05, 4.69) is 5.32 Å². The van der Waals surface area contributed by atoms with E-state index in [-0.39, 0.29) is 11.8 Å². The summed E-state index contributed by atoms with van der Waals surface area (Å²) in [6.07, 6.45) is 0. The van der Waals surface area contributed by atoms with E-state index >= 15 is 0 Å². The Hall–Kier alpha value is -1.42. The van der Waals surface area contributed by atoms with Gasteiger partial charge in [0, 0.05) is 24.2 Å². The highest BCUT2D eigenvalue weighted by Crippen LogP contribution is 2.26. The number of anilines is 1. The van der Waals surface area contributed by atoms with Crippen molar-refractivity contribution in [3.8, 4) is 5.75 Å². The van der Waals surface area contributed by atoms with Crippen molar-refractivity contribution in [1.82, 2.24) is 4.90 Å². The zero-order chi connectivity index (χ0) is 12.1. The molecule has 0 fully saturated rings. The van der Waals surface area contributed by atoms with Gasteiger partial charge in [-0.3, -0.25) is 0 Å². The van der Waals surface area contributed by atoms with Crippen LogP contribution in [0.2, 0.25) is 5.02 Å². The molecule has 0 aliphatic heterocycles. The number of nitrogens with zero attached hydrogens (tertiary/aromatic N) is 1. The summed E-state index contributed by atoms with van der Waals surface area (Å²) in [6.45, 7) is 5.03. The van der Waals surface area contributed by atoms with Crippen molar-refractivity contribution in [2.24, 2.45) is 0 Å². The van der Waals surface area contributed by atoms with Crippen LogP contribution in [0.3, 0.4) is 0 Å². The Balaban J connectivity index is 2.76. The lowest BCUT2D eigenvalue weighted by Gasteiger charge is -2.19. The van der Waals surface area contributed by atoms with Crippen LogP contribution in [0.4, 0.5) is 10.5 Å².